The van der Waals surface area contributed by atoms with Crippen LogP contribution < -0.4 is 5.32 Å². The zero-order valence-electron chi connectivity index (χ0n) is 14.5. The standard InChI is InChI=1S/C18H21N5OS/c1-3-12-6-4-5-11(2)16(12)19-14(24)9-10-15-22-23-17(13-7-8-13)20-21-18(23)25-15/h4-6,13H,3,7-10H2,1-2H3,(H,19,24). The van der Waals surface area contributed by atoms with Crippen molar-refractivity contribution in [3.05, 3.63) is 40.2 Å². The molecule has 1 aliphatic carbocycles. The molecule has 0 saturated heterocycles. The number of carbonyl (C=O) groups is 1. The quantitative estimate of drug-likeness (QED) is 0.734. The molecule has 0 unspecified atom stereocenters. The van der Waals surface area contributed by atoms with Crippen LogP contribution in [0.2, 0.25) is 0 Å². The Morgan fingerprint density at radius 2 is 2.20 bits per heavy atom. The second kappa shape index (κ2) is 6.55. The van der Waals surface area contributed by atoms with Crippen molar-refractivity contribution >= 4 is 27.9 Å². The summed E-state index contributed by atoms with van der Waals surface area (Å²) in [6, 6.07) is 6.11. The van der Waals surface area contributed by atoms with Gasteiger partial charge in [-0.05, 0) is 37.3 Å². The van der Waals surface area contributed by atoms with Crippen LogP contribution in [-0.4, -0.2) is 25.7 Å². The van der Waals surface area contributed by atoms with E-state index in [0.717, 1.165) is 33.5 Å². The monoisotopic (exact) mass is 355 g/mol. The zero-order chi connectivity index (χ0) is 17.4. The van der Waals surface area contributed by atoms with E-state index in [-0.39, 0.29) is 5.91 Å². The summed E-state index contributed by atoms with van der Waals surface area (Å²) in [6.45, 7) is 4.12. The van der Waals surface area contributed by atoms with Crippen molar-refractivity contribution in [2.45, 2.75) is 51.9 Å². The van der Waals surface area contributed by atoms with Crippen molar-refractivity contribution in [1.29, 1.82) is 0 Å². The minimum absolute atomic E-state index is 0.0254. The van der Waals surface area contributed by atoms with Crippen molar-refractivity contribution in [3.63, 3.8) is 0 Å². The summed E-state index contributed by atoms with van der Waals surface area (Å²) in [6.07, 6.45) is 4.29. The normalized spacial score (nSPS) is 14.2. The number of para-hydroxylation sites is 1. The van der Waals surface area contributed by atoms with Crippen LogP contribution in [0.3, 0.4) is 0 Å². The number of nitrogens with one attached hydrogen (secondary N) is 1. The van der Waals surface area contributed by atoms with Crippen molar-refractivity contribution in [3.8, 4) is 0 Å². The topological polar surface area (TPSA) is 72.2 Å². The summed E-state index contributed by atoms with van der Waals surface area (Å²) >= 11 is 1.52. The predicted molar refractivity (Wildman–Crippen MR) is 98.1 cm³/mol. The first-order chi connectivity index (χ1) is 12.2. The van der Waals surface area contributed by atoms with Gasteiger partial charge in [0.2, 0.25) is 10.9 Å². The predicted octanol–water partition coefficient (Wildman–Crippen LogP) is 3.51. The third kappa shape index (κ3) is 3.28. The SMILES string of the molecule is CCc1cccc(C)c1NC(=O)CCc1nn2c(C3CC3)nnc2s1. The molecule has 7 heteroatoms. The number of hydrogen-bond donors (Lipinski definition) is 1. The van der Waals surface area contributed by atoms with Crippen molar-refractivity contribution in [2.75, 3.05) is 5.32 Å². The van der Waals surface area contributed by atoms with E-state index in [1.54, 1.807) is 0 Å². The summed E-state index contributed by atoms with van der Waals surface area (Å²) in [7, 11) is 0. The third-order valence-corrected chi connectivity index (χ3v) is 5.53. The van der Waals surface area contributed by atoms with Gasteiger partial charge in [0.05, 0.1) is 0 Å². The van der Waals surface area contributed by atoms with Crippen LogP contribution in [0.4, 0.5) is 5.69 Å². The van der Waals surface area contributed by atoms with Crippen LogP contribution in [0.5, 0.6) is 0 Å². The number of hydrogen-bond acceptors (Lipinski definition) is 5. The van der Waals surface area contributed by atoms with Gasteiger partial charge in [-0.2, -0.15) is 9.61 Å². The van der Waals surface area contributed by atoms with E-state index in [4.69, 9.17) is 0 Å². The van der Waals surface area contributed by atoms with Gasteiger partial charge in [-0.15, -0.1) is 10.2 Å². The number of fused-ring (bicyclic) bond motifs is 1. The van der Waals surface area contributed by atoms with Gasteiger partial charge in [0.15, 0.2) is 5.82 Å². The molecule has 3 aromatic rings. The van der Waals surface area contributed by atoms with Gasteiger partial charge < -0.3 is 5.32 Å². The summed E-state index contributed by atoms with van der Waals surface area (Å²) < 4.78 is 1.85. The molecule has 0 spiro atoms. The number of aryl methyl sites for hydroxylation is 3. The van der Waals surface area contributed by atoms with Gasteiger partial charge in [0.1, 0.15) is 5.01 Å². The number of anilines is 1. The maximum Gasteiger partial charge on any atom is 0.234 e. The lowest BCUT2D eigenvalue weighted by Crippen LogP contribution is -2.14. The molecule has 25 heavy (non-hydrogen) atoms. The molecule has 1 amide bonds. The van der Waals surface area contributed by atoms with Gasteiger partial charge in [-0.1, -0.05) is 36.5 Å². The third-order valence-electron chi connectivity index (χ3n) is 4.57. The second-order valence-electron chi connectivity index (χ2n) is 6.53. The molecule has 1 N–H and O–H groups in total. The minimum atomic E-state index is 0.0254. The highest BCUT2D eigenvalue weighted by Gasteiger charge is 2.30. The van der Waals surface area contributed by atoms with Crippen LogP contribution in [0.1, 0.15) is 54.1 Å². The second-order valence-corrected chi connectivity index (χ2v) is 7.57. The molecule has 2 aromatic heterocycles. The Labute approximate surface area is 150 Å². The maximum absolute atomic E-state index is 12.4. The van der Waals surface area contributed by atoms with Crippen molar-refractivity contribution < 1.29 is 4.79 Å². The van der Waals surface area contributed by atoms with Crippen LogP contribution in [-0.2, 0) is 17.6 Å². The number of aromatic nitrogens is 4. The average Bonchev–Trinajstić information content (AvgIpc) is 3.24. The molecule has 4 rings (SSSR count). The van der Waals surface area contributed by atoms with E-state index < -0.39 is 0 Å². The summed E-state index contributed by atoms with van der Waals surface area (Å²) in [4.78, 5) is 13.2. The first-order valence-corrected chi connectivity index (χ1v) is 9.56. The average molecular weight is 355 g/mol. The van der Waals surface area contributed by atoms with E-state index >= 15 is 0 Å². The largest absolute Gasteiger partial charge is 0.326 e. The molecule has 1 saturated carbocycles. The first-order valence-electron chi connectivity index (χ1n) is 8.75. The zero-order valence-corrected chi connectivity index (χ0v) is 15.3. The molecule has 0 atom stereocenters. The van der Waals surface area contributed by atoms with Crippen molar-refractivity contribution in [1.82, 2.24) is 19.8 Å². The lowest BCUT2D eigenvalue weighted by molar-refractivity contribution is -0.116. The Hall–Kier alpha value is -2.28. The van der Waals surface area contributed by atoms with E-state index in [1.807, 2.05) is 23.6 Å². The summed E-state index contributed by atoms with van der Waals surface area (Å²) in [5.74, 6) is 1.51. The number of rotatable bonds is 6. The molecule has 2 heterocycles. The molecule has 130 valence electrons. The first kappa shape index (κ1) is 16.2. The van der Waals surface area contributed by atoms with Gasteiger partial charge in [-0.25, -0.2) is 0 Å². The minimum Gasteiger partial charge on any atom is -0.326 e. The van der Waals surface area contributed by atoms with E-state index in [0.29, 0.717) is 18.8 Å². The van der Waals surface area contributed by atoms with Crippen LogP contribution in [0.25, 0.3) is 4.96 Å². The van der Waals surface area contributed by atoms with Gasteiger partial charge in [0.25, 0.3) is 0 Å². The fraction of sp³-hybridized carbons (Fsp3) is 0.444. The fourth-order valence-electron chi connectivity index (χ4n) is 2.99. The number of amides is 1. The smallest absolute Gasteiger partial charge is 0.234 e. The molecule has 6 nitrogen and oxygen atoms in total. The maximum atomic E-state index is 12.4. The Morgan fingerprint density at radius 3 is 2.96 bits per heavy atom. The van der Waals surface area contributed by atoms with Gasteiger partial charge >= 0.3 is 0 Å². The lowest BCUT2D eigenvalue weighted by atomic mass is 10.1. The highest BCUT2D eigenvalue weighted by molar-refractivity contribution is 7.16. The van der Waals surface area contributed by atoms with Crippen LogP contribution in [0, 0.1) is 6.92 Å². The Balaban J connectivity index is 1.42. The number of carbonyl (C=O) groups excluding carboxylic acids is 1. The van der Waals surface area contributed by atoms with E-state index in [1.165, 1.54) is 29.7 Å². The molecule has 0 aliphatic heterocycles. The van der Waals surface area contributed by atoms with Gasteiger partial charge in [-0.3, -0.25) is 4.79 Å². The van der Waals surface area contributed by atoms with Gasteiger partial charge in [0, 0.05) is 24.4 Å². The van der Waals surface area contributed by atoms with Crippen LogP contribution in [0.15, 0.2) is 18.2 Å². The lowest BCUT2D eigenvalue weighted by Gasteiger charge is -2.12. The summed E-state index contributed by atoms with van der Waals surface area (Å²) in [5, 5.41) is 17.0. The molecule has 1 aromatic carbocycles. The fourth-order valence-corrected chi connectivity index (χ4v) is 3.83. The Morgan fingerprint density at radius 1 is 1.36 bits per heavy atom. The highest BCUT2D eigenvalue weighted by Crippen LogP contribution is 2.39. The van der Waals surface area contributed by atoms with Crippen LogP contribution >= 0.6 is 11.3 Å². The molecule has 1 fully saturated rings. The Kier molecular flexibility index (Phi) is 4.25. The molecular weight excluding hydrogens is 334 g/mol. The van der Waals surface area contributed by atoms with Crippen molar-refractivity contribution in [2.24, 2.45) is 0 Å². The number of nitrogens with zero attached hydrogens (tertiary/aromatic N) is 4. The molecular formula is C18H21N5OS. The van der Waals surface area contributed by atoms with E-state index in [2.05, 4.69) is 33.6 Å². The Bertz CT molecular complexity index is 925. The highest BCUT2D eigenvalue weighted by atomic mass is 32.1. The molecule has 0 bridgehead atoms. The van der Waals surface area contributed by atoms with E-state index in [9.17, 15) is 4.79 Å². The number of benzene rings is 1. The molecule has 0 radical (unpaired) electrons. The summed E-state index contributed by atoms with van der Waals surface area (Å²) in [5.41, 5.74) is 3.21. The molecule has 1 aliphatic rings.